The van der Waals surface area contributed by atoms with Gasteiger partial charge < -0.3 is 10.2 Å². The van der Waals surface area contributed by atoms with Gasteiger partial charge in [-0.05, 0) is 56.1 Å². The summed E-state index contributed by atoms with van der Waals surface area (Å²) >= 11 is 11.9. The van der Waals surface area contributed by atoms with E-state index < -0.39 is 0 Å². The number of nitrogens with zero attached hydrogens (tertiary/aromatic N) is 1. The molecule has 2 aromatic carbocycles. The van der Waals surface area contributed by atoms with Crippen LogP contribution in [0.4, 0.5) is 5.69 Å². The van der Waals surface area contributed by atoms with Crippen molar-refractivity contribution in [2.45, 2.75) is 0 Å². The largest absolute Gasteiger partial charge is 0.384 e. The molecule has 0 amide bonds. The number of anilines is 1. The molecule has 0 saturated carbocycles. The Balaban J connectivity index is 2.04. The smallest absolute Gasteiger partial charge is 0.187 e. The third kappa shape index (κ3) is 5.68. The molecule has 3 nitrogen and oxygen atoms in total. The van der Waals surface area contributed by atoms with Crippen LogP contribution in [0, 0.1) is 0 Å². The Kier molecular flexibility index (Phi) is 6.85. The Morgan fingerprint density at radius 2 is 1.96 bits per heavy atom. The van der Waals surface area contributed by atoms with Crippen molar-refractivity contribution in [1.82, 2.24) is 4.90 Å². The number of rotatable bonds is 7. The lowest BCUT2D eigenvalue weighted by Gasteiger charge is -2.11. The van der Waals surface area contributed by atoms with Gasteiger partial charge in [0.15, 0.2) is 5.78 Å². The SMILES string of the molecule is CN(C)CCNc1cccc(C=CC(=O)c2ccc(Cl)cc2Cl)c1. The van der Waals surface area contributed by atoms with Crippen LogP contribution in [-0.4, -0.2) is 37.9 Å². The molecule has 0 unspecified atom stereocenters. The number of nitrogens with one attached hydrogen (secondary N) is 1. The fourth-order valence-corrected chi connectivity index (χ4v) is 2.63. The molecule has 0 spiro atoms. The first-order valence-corrected chi connectivity index (χ1v) is 8.37. The van der Waals surface area contributed by atoms with E-state index in [0.717, 1.165) is 24.3 Å². The Morgan fingerprint density at radius 1 is 1.17 bits per heavy atom. The molecule has 2 aromatic rings. The van der Waals surface area contributed by atoms with Crippen LogP contribution >= 0.6 is 23.2 Å². The topological polar surface area (TPSA) is 32.3 Å². The molecule has 0 fully saturated rings. The predicted octanol–water partition coefficient (Wildman–Crippen LogP) is 4.86. The van der Waals surface area contributed by atoms with Crippen LogP contribution < -0.4 is 5.32 Å². The molecule has 1 N–H and O–H groups in total. The molecule has 24 heavy (non-hydrogen) atoms. The van der Waals surface area contributed by atoms with Gasteiger partial charge in [-0.15, -0.1) is 0 Å². The molecule has 5 heteroatoms. The van der Waals surface area contributed by atoms with Gasteiger partial charge in [0.05, 0.1) is 5.02 Å². The van der Waals surface area contributed by atoms with Crippen LogP contribution in [0.3, 0.4) is 0 Å². The van der Waals surface area contributed by atoms with Gasteiger partial charge in [0, 0.05) is 29.4 Å². The molecular weight excluding hydrogens is 343 g/mol. The summed E-state index contributed by atoms with van der Waals surface area (Å²) in [4.78, 5) is 14.4. The Labute approximate surface area is 152 Å². The second kappa shape index (κ2) is 8.88. The number of likely N-dealkylation sites (N-methyl/N-ethyl adjacent to an activating group) is 1. The molecule has 0 atom stereocenters. The highest BCUT2D eigenvalue weighted by molar-refractivity contribution is 6.37. The molecule has 2 rings (SSSR count). The van der Waals surface area contributed by atoms with Crippen molar-refractivity contribution in [3.05, 3.63) is 69.7 Å². The molecule has 0 aliphatic rings. The van der Waals surface area contributed by atoms with Crippen molar-refractivity contribution < 1.29 is 4.79 Å². The molecule has 126 valence electrons. The van der Waals surface area contributed by atoms with E-state index in [9.17, 15) is 4.79 Å². The highest BCUT2D eigenvalue weighted by Gasteiger charge is 2.07. The first-order chi connectivity index (χ1) is 11.5. The maximum atomic E-state index is 12.2. The van der Waals surface area contributed by atoms with E-state index in [4.69, 9.17) is 23.2 Å². The molecule has 0 aromatic heterocycles. The van der Waals surface area contributed by atoms with E-state index >= 15 is 0 Å². The van der Waals surface area contributed by atoms with E-state index in [2.05, 4.69) is 10.2 Å². The molecule has 0 heterocycles. The number of halogens is 2. The molecular formula is C19H20Cl2N2O. The summed E-state index contributed by atoms with van der Waals surface area (Å²) in [5.74, 6) is -0.150. The zero-order valence-electron chi connectivity index (χ0n) is 13.7. The highest BCUT2D eigenvalue weighted by atomic mass is 35.5. The Morgan fingerprint density at radius 3 is 2.67 bits per heavy atom. The maximum Gasteiger partial charge on any atom is 0.187 e. The van der Waals surface area contributed by atoms with Crippen molar-refractivity contribution in [3.8, 4) is 0 Å². The van der Waals surface area contributed by atoms with Crippen LogP contribution in [0.15, 0.2) is 48.5 Å². The summed E-state index contributed by atoms with van der Waals surface area (Å²) in [6.45, 7) is 1.81. The number of carbonyl (C=O) groups excluding carboxylic acids is 1. The number of hydrogen-bond acceptors (Lipinski definition) is 3. The normalized spacial score (nSPS) is 11.2. The number of hydrogen-bond donors (Lipinski definition) is 1. The number of allylic oxidation sites excluding steroid dienone is 1. The fourth-order valence-electron chi connectivity index (χ4n) is 2.13. The third-order valence-corrected chi connectivity index (χ3v) is 3.95. The first-order valence-electron chi connectivity index (χ1n) is 7.62. The third-order valence-electron chi connectivity index (χ3n) is 3.40. The molecule has 0 radical (unpaired) electrons. The van der Waals surface area contributed by atoms with Crippen molar-refractivity contribution in [1.29, 1.82) is 0 Å². The zero-order chi connectivity index (χ0) is 17.5. The van der Waals surface area contributed by atoms with Crippen molar-refractivity contribution in [2.24, 2.45) is 0 Å². The second-order valence-electron chi connectivity index (χ2n) is 5.68. The summed E-state index contributed by atoms with van der Waals surface area (Å²) in [5, 5.41) is 4.22. The van der Waals surface area contributed by atoms with Gasteiger partial charge in [-0.25, -0.2) is 0 Å². The zero-order valence-corrected chi connectivity index (χ0v) is 15.2. The van der Waals surface area contributed by atoms with Crippen molar-refractivity contribution in [3.63, 3.8) is 0 Å². The number of benzene rings is 2. The van der Waals surface area contributed by atoms with E-state index in [1.54, 1.807) is 24.3 Å². The van der Waals surface area contributed by atoms with Crippen LogP contribution in [0.2, 0.25) is 10.0 Å². The standard InChI is InChI=1S/C19H20Cl2N2O/c1-23(2)11-10-22-16-5-3-4-14(12-16)6-9-19(24)17-8-7-15(20)13-18(17)21/h3-9,12-13,22H,10-11H2,1-2H3. The van der Waals surface area contributed by atoms with Gasteiger partial charge in [-0.2, -0.15) is 0 Å². The van der Waals surface area contributed by atoms with E-state index in [0.29, 0.717) is 15.6 Å². The van der Waals surface area contributed by atoms with Crippen LogP contribution in [-0.2, 0) is 0 Å². The van der Waals surface area contributed by atoms with Crippen LogP contribution in [0.5, 0.6) is 0 Å². The van der Waals surface area contributed by atoms with Crippen molar-refractivity contribution in [2.75, 3.05) is 32.5 Å². The summed E-state index contributed by atoms with van der Waals surface area (Å²) in [6.07, 6.45) is 3.30. The van der Waals surface area contributed by atoms with E-state index in [1.807, 2.05) is 38.4 Å². The van der Waals surface area contributed by atoms with Crippen molar-refractivity contribution >= 4 is 40.7 Å². The lowest BCUT2D eigenvalue weighted by Crippen LogP contribution is -2.20. The van der Waals surface area contributed by atoms with Gasteiger partial charge >= 0.3 is 0 Å². The quantitative estimate of drug-likeness (QED) is 0.563. The minimum atomic E-state index is -0.150. The van der Waals surface area contributed by atoms with Crippen LogP contribution in [0.25, 0.3) is 6.08 Å². The lowest BCUT2D eigenvalue weighted by molar-refractivity contribution is 0.104. The fraction of sp³-hybridized carbons (Fsp3) is 0.211. The van der Waals surface area contributed by atoms with E-state index in [1.165, 1.54) is 6.08 Å². The Hall–Kier alpha value is -1.81. The lowest BCUT2D eigenvalue weighted by atomic mass is 10.1. The highest BCUT2D eigenvalue weighted by Crippen LogP contribution is 2.22. The average molecular weight is 363 g/mol. The molecule has 0 aliphatic carbocycles. The molecule has 0 bridgehead atoms. The number of carbonyl (C=O) groups is 1. The van der Waals surface area contributed by atoms with Gasteiger partial charge in [0.25, 0.3) is 0 Å². The second-order valence-corrected chi connectivity index (χ2v) is 6.52. The summed E-state index contributed by atoms with van der Waals surface area (Å²) in [7, 11) is 4.07. The Bertz CT molecular complexity index is 742. The summed E-state index contributed by atoms with van der Waals surface area (Å²) < 4.78 is 0. The molecule has 0 aliphatic heterocycles. The minimum Gasteiger partial charge on any atom is -0.384 e. The van der Waals surface area contributed by atoms with Gasteiger partial charge in [0.2, 0.25) is 0 Å². The number of ketones is 1. The van der Waals surface area contributed by atoms with Gasteiger partial charge in [-0.1, -0.05) is 41.4 Å². The average Bonchev–Trinajstić information content (AvgIpc) is 2.53. The van der Waals surface area contributed by atoms with E-state index in [-0.39, 0.29) is 5.78 Å². The monoisotopic (exact) mass is 362 g/mol. The first kappa shape index (κ1) is 18.5. The maximum absolute atomic E-state index is 12.2. The van der Waals surface area contributed by atoms with Gasteiger partial charge in [0.1, 0.15) is 0 Å². The summed E-state index contributed by atoms with van der Waals surface area (Å²) in [6, 6.07) is 12.8. The predicted molar refractivity (Wildman–Crippen MR) is 103 cm³/mol. The van der Waals surface area contributed by atoms with Gasteiger partial charge in [-0.3, -0.25) is 4.79 Å². The van der Waals surface area contributed by atoms with Crippen LogP contribution in [0.1, 0.15) is 15.9 Å². The summed E-state index contributed by atoms with van der Waals surface area (Å²) in [5.41, 5.74) is 2.41. The minimum absolute atomic E-state index is 0.150. The molecule has 0 saturated heterocycles.